The smallest absolute Gasteiger partial charge is 0.0992 e. The van der Waals surface area contributed by atoms with Gasteiger partial charge in [0.1, 0.15) is 0 Å². The van der Waals surface area contributed by atoms with E-state index in [1.54, 1.807) is 0 Å². The van der Waals surface area contributed by atoms with E-state index in [4.69, 9.17) is 0 Å². The molecule has 0 N–H and O–H groups in total. The molecule has 0 amide bonds. The summed E-state index contributed by atoms with van der Waals surface area (Å²) in [7, 11) is 0. The number of fused-ring (bicyclic) bond motifs is 6. The summed E-state index contributed by atoms with van der Waals surface area (Å²) in [5, 5.41) is 15.2. The maximum absolute atomic E-state index is 10.3. The van der Waals surface area contributed by atoms with Crippen LogP contribution in [-0.2, 0) is 0 Å². The molecular weight excluding hydrogens is 631 g/mol. The van der Waals surface area contributed by atoms with E-state index >= 15 is 0 Å². The molecule has 250 valence electrons. The van der Waals surface area contributed by atoms with Gasteiger partial charge in [-0.15, -0.1) is 0 Å². The summed E-state index contributed by atoms with van der Waals surface area (Å²) in [4.78, 5) is 0. The molecule has 0 atom stereocenters. The maximum Gasteiger partial charge on any atom is 0.0992 e. The van der Waals surface area contributed by atoms with Crippen LogP contribution in [0, 0.1) is 11.3 Å². The molecule has 0 bridgehead atoms. The lowest BCUT2D eigenvalue weighted by Gasteiger charge is -2.20. The molecule has 3 nitrogen and oxygen atoms in total. The number of nitrogens with zero attached hydrogens (tertiary/aromatic N) is 3. The van der Waals surface area contributed by atoms with E-state index in [0.29, 0.717) is 17.4 Å². The molecule has 2 heterocycles. The minimum atomic E-state index is 0.411. The minimum Gasteiger partial charge on any atom is -0.309 e. The highest BCUT2D eigenvalue weighted by atomic mass is 15.0. The van der Waals surface area contributed by atoms with Gasteiger partial charge in [0.2, 0.25) is 0 Å². The van der Waals surface area contributed by atoms with Crippen molar-refractivity contribution in [3.8, 4) is 39.7 Å². The Kier molecular flexibility index (Phi) is 7.56. The van der Waals surface area contributed by atoms with E-state index in [2.05, 4.69) is 182 Å². The maximum atomic E-state index is 10.3. The van der Waals surface area contributed by atoms with Crippen LogP contribution in [-0.4, -0.2) is 9.13 Å². The zero-order chi connectivity index (χ0) is 35.5. The number of hydrogen-bond acceptors (Lipinski definition) is 1. The Morgan fingerprint density at radius 1 is 0.423 bits per heavy atom. The normalized spacial score (nSPS) is 11.8. The quantitative estimate of drug-likeness (QED) is 0.173. The van der Waals surface area contributed by atoms with Crippen molar-refractivity contribution in [2.45, 2.75) is 39.5 Å². The molecule has 52 heavy (non-hydrogen) atoms. The molecule has 2 aromatic heterocycles. The highest BCUT2D eigenvalue weighted by Gasteiger charge is 2.19. The molecule has 0 radical (unpaired) electrons. The van der Waals surface area contributed by atoms with E-state index in [9.17, 15) is 5.26 Å². The topological polar surface area (TPSA) is 33.6 Å². The SMILES string of the molecule is CC(C)c1cccc(C(C)C)c1-c1ccc2c(c1)c1ccccc1n2-c1cc(C#N)cc(-c2ccc(-n3c4ccccc4c4ccccc43)cc2)c1. The predicted molar refractivity (Wildman–Crippen MR) is 219 cm³/mol. The van der Waals surface area contributed by atoms with Crippen LogP contribution in [0.1, 0.15) is 56.2 Å². The average molecular weight is 670 g/mol. The van der Waals surface area contributed by atoms with Gasteiger partial charge in [-0.25, -0.2) is 0 Å². The van der Waals surface area contributed by atoms with Gasteiger partial charge >= 0.3 is 0 Å². The fraction of sp³-hybridized carbons (Fsp3) is 0.122. The summed E-state index contributed by atoms with van der Waals surface area (Å²) in [6.07, 6.45) is 0. The number of para-hydroxylation sites is 3. The Morgan fingerprint density at radius 3 is 1.48 bits per heavy atom. The Balaban J connectivity index is 1.19. The van der Waals surface area contributed by atoms with Crippen LogP contribution < -0.4 is 0 Å². The summed E-state index contributed by atoms with van der Waals surface area (Å²) in [5.41, 5.74) is 14.8. The molecule has 0 fully saturated rings. The third kappa shape index (κ3) is 5.02. The molecule has 0 aliphatic carbocycles. The molecule has 0 saturated carbocycles. The van der Waals surface area contributed by atoms with E-state index in [1.807, 2.05) is 12.1 Å². The van der Waals surface area contributed by atoms with Gasteiger partial charge in [-0.3, -0.25) is 0 Å². The molecule has 0 spiro atoms. The third-order valence-corrected chi connectivity index (χ3v) is 10.7. The second-order valence-electron chi connectivity index (χ2n) is 14.5. The second-order valence-corrected chi connectivity index (χ2v) is 14.5. The number of hydrogen-bond donors (Lipinski definition) is 0. The number of aromatic nitrogens is 2. The molecule has 7 aromatic carbocycles. The third-order valence-electron chi connectivity index (χ3n) is 10.7. The molecule has 0 unspecified atom stereocenters. The van der Waals surface area contributed by atoms with Crippen LogP contribution in [0.5, 0.6) is 0 Å². The Bertz CT molecular complexity index is 2780. The van der Waals surface area contributed by atoms with Crippen LogP contribution in [0.2, 0.25) is 0 Å². The van der Waals surface area contributed by atoms with Crippen molar-refractivity contribution < 1.29 is 0 Å². The molecule has 0 aliphatic rings. The van der Waals surface area contributed by atoms with E-state index < -0.39 is 0 Å². The highest BCUT2D eigenvalue weighted by molar-refractivity contribution is 6.11. The standard InChI is InChI=1S/C49H39N3/c1-31(2)39-15-11-16-40(32(3)4)49(39)35-22-25-48-44(29-35)43-14-7-10-19-47(43)52(48)38-27-33(30-50)26-36(28-38)34-20-23-37(24-21-34)51-45-17-8-5-12-41(45)42-13-6-9-18-46(42)51/h5-29,31-32H,1-4H3. The average Bonchev–Trinajstić information content (AvgIpc) is 3.70. The van der Waals surface area contributed by atoms with Crippen LogP contribution in [0.25, 0.3) is 77.2 Å². The molecule has 9 aromatic rings. The van der Waals surface area contributed by atoms with Gasteiger partial charge in [-0.05, 0) is 106 Å². The molecule has 0 aliphatic heterocycles. The van der Waals surface area contributed by atoms with Crippen molar-refractivity contribution in [1.29, 1.82) is 5.26 Å². The summed E-state index contributed by atoms with van der Waals surface area (Å²) < 4.78 is 4.66. The lowest BCUT2D eigenvalue weighted by molar-refractivity contribution is 0.838. The lowest BCUT2D eigenvalue weighted by atomic mass is 9.85. The number of benzene rings is 7. The Morgan fingerprint density at radius 2 is 0.923 bits per heavy atom. The molecule has 3 heteroatoms. The van der Waals surface area contributed by atoms with Gasteiger partial charge in [0.05, 0.1) is 33.7 Å². The number of nitriles is 1. The Hall–Kier alpha value is -6.37. The van der Waals surface area contributed by atoms with Crippen molar-refractivity contribution in [3.63, 3.8) is 0 Å². The highest BCUT2D eigenvalue weighted by Crippen LogP contribution is 2.41. The first-order valence-corrected chi connectivity index (χ1v) is 18.2. The summed E-state index contributed by atoms with van der Waals surface area (Å²) in [6.45, 7) is 9.13. The second kappa shape index (κ2) is 12.4. The van der Waals surface area contributed by atoms with Gasteiger partial charge in [-0.1, -0.05) is 119 Å². The van der Waals surface area contributed by atoms with Crippen LogP contribution >= 0.6 is 0 Å². The molecular formula is C49H39N3. The van der Waals surface area contributed by atoms with Crippen LogP contribution in [0.15, 0.2) is 152 Å². The van der Waals surface area contributed by atoms with Gasteiger partial charge in [-0.2, -0.15) is 5.26 Å². The fourth-order valence-corrected chi connectivity index (χ4v) is 8.27. The predicted octanol–water partition coefficient (Wildman–Crippen LogP) is 13.3. The molecule has 0 saturated heterocycles. The van der Waals surface area contributed by atoms with Crippen LogP contribution in [0.3, 0.4) is 0 Å². The summed E-state index contributed by atoms with van der Waals surface area (Å²) in [6, 6.07) is 56.9. The van der Waals surface area contributed by atoms with Crippen molar-refractivity contribution >= 4 is 43.6 Å². The first-order chi connectivity index (χ1) is 25.4. The van der Waals surface area contributed by atoms with Crippen molar-refractivity contribution in [2.75, 3.05) is 0 Å². The molecule has 9 rings (SSSR count). The van der Waals surface area contributed by atoms with Crippen LogP contribution in [0.4, 0.5) is 0 Å². The first-order valence-electron chi connectivity index (χ1n) is 18.2. The fourth-order valence-electron chi connectivity index (χ4n) is 8.27. The van der Waals surface area contributed by atoms with E-state index in [-0.39, 0.29) is 0 Å². The monoisotopic (exact) mass is 669 g/mol. The zero-order valence-corrected chi connectivity index (χ0v) is 29.9. The van der Waals surface area contributed by atoms with Gasteiger partial charge in [0.15, 0.2) is 0 Å². The lowest BCUT2D eigenvalue weighted by Crippen LogP contribution is -2.00. The minimum absolute atomic E-state index is 0.411. The summed E-state index contributed by atoms with van der Waals surface area (Å²) in [5.74, 6) is 0.822. The van der Waals surface area contributed by atoms with Gasteiger partial charge < -0.3 is 9.13 Å². The largest absolute Gasteiger partial charge is 0.309 e. The van der Waals surface area contributed by atoms with Crippen molar-refractivity contribution in [3.05, 3.63) is 168 Å². The first kappa shape index (κ1) is 31.6. The van der Waals surface area contributed by atoms with Gasteiger partial charge in [0, 0.05) is 32.9 Å². The van der Waals surface area contributed by atoms with E-state index in [0.717, 1.165) is 33.5 Å². The summed E-state index contributed by atoms with van der Waals surface area (Å²) >= 11 is 0. The zero-order valence-electron chi connectivity index (χ0n) is 29.9. The van der Waals surface area contributed by atoms with Gasteiger partial charge in [0.25, 0.3) is 0 Å². The number of rotatable bonds is 6. The van der Waals surface area contributed by atoms with Crippen molar-refractivity contribution in [2.24, 2.45) is 0 Å². The van der Waals surface area contributed by atoms with E-state index in [1.165, 1.54) is 54.8 Å². The Labute approximate surface area is 304 Å². The van der Waals surface area contributed by atoms with Crippen molar-refractivity contribution in [1.82, 2.24) is 9.13 Å².